The molecule has 1 aliphatic heterocycles. The maximum absolute atomic E-state index is 12.9. The van der Waals surface area contributed by atoms with Gasteiger partial charge in [0.15, 0.2) is 0 Å². The van der Waals surface area contributed by atoms with Crippen molar-refractivity contribution in [3.63, 3.8) is 0 Å². The van der Waals surface area contributed by atoms with Crippen molar-refractivity contribution in [3.05, 3.63) is 83.6 Å². The molecule has 5 heteroatoms. The molecule has 1 aliphatic rings. The Hall–Kier alpha value is -3.08. The van der Waals surface area contributed by atoms with Crippen molar-refractivity contribution in [2.45, 2.75) is 32.7 Å². The molecule has 1 amide bonds. The van der Waals surface area contributed by atoms with Crippen LogP contribution in [0, 0.1) is 0 Å². The van der Waals surface area contributed by atoms with Gasteiger partial charge in [0.05, 0.1) is 6.54 Å². The number of hydrogen-bond donors (Lipinski definition) is 0. The van der Waals surface area contributed by atoms with E-state index in [1.807, 2.05) is 65.6 Å². The number of carbonyl (C=O) groups is 1. The van der Waals surface area contributed by atoms with Crippen LogP contribution >= 0.6 is 0 Å². The average molecular weight is 347 g/mol. The van der Waals surface area contributed by atoms with E-state index in [4.69, 9.17) is 4.74 Å². The van der Waals surface area contributed by atoms with Crippen LogP contribution < -0.4 is 4.74 Å². The summed E-state index contributed by atoms with van der Waals surface area (Å²) < 4.78 is 7.54. The molecule has 0 N–H and O–H groups in total. The molecule has 2 aromatic carbocycles. The van der Waals surface area contributed by atoms with Gasteiger partial charge in [-0.2, -0.15) is 0 Å². The SMILES string of the molecule is CC1Cn2nc(OCc3ccccc3)cc2C(=O)N1Cc1ccccc1. The molecule has 4 rings (SSSR count). The lowest BCUT2D eigenvalue weighted by atomic mass is 10.1. The fourth-order valence-electron chi connectivity index (χ4n) is 3.21. The fraction of sp³-hybridized carbons (Fsp3) is 0.238. The summed E-state index contributed by atoms with van der Waals surface area (Å²) in [6, 6.07) is 21.8. The van der Waals surface area contributed by atoms with Crippen LogP contribution in [0.25, 0.3) is 0 Å². The topological polar surface area (TPSA) is 47.4 Å². The largest absolute Gasteiger partial charge is 0.472 e. The molecule has 132 valence electrons. The number of aromatic nitrogens is 2. The van der Waals surface area contributed by atoms with Gasteiger partial charge in [0, 0.05) is 18.7 Å². The smallest absolute Gasteiger partial charge is 0.272 e. The molecule has 0 bridgehead atoms. The van der Waals surface area contributed by atoms with Gasteiger partial charge >= 0.3 is 0 Å². The minimum atomic E-state index is -0.00494. The van der Waals surface area contributed by atoms with E-state index in [-0.39, 0.29) is 11.9 Å². The lowest BCUT2D eigenvalue weighted by Gasteiger charge is -2.33. The quantitative estimate of drug-likeness (QED) is 0.710. The van der Waals surface area contributed by atoms with E-state index in [9.17, 15) is 4.79 Å². The number of benzene rings is 2. The van der Waals surface area contributed by atoms with E-state index in [1.54, 1.807) is 10.7 Å². The first-order valence-corrected chi connectivity index (χ1v) is 8.80. The zero-order chi connectivity index (χ0) is 17.9. The van der Waals surface area contributed by atoms with Crippen molar-refractivity contribution in [1.82, 2.24) is 14.7 Å². The van der Waals surface area contributed by atoms with E-state index in [1.165, 1.54) is 0 Å². The summed E-state index contributed by atoms with van der Waals surface area (Å²) in [5, 5.41) is 4.46. The zero-order valence-corrected chi connectivity index (χ0v) is 14.7. The Kier molecular flexibility index (Phi) is 4.44. The highest BCUT2D eigenvalue weighted by atomic mass is 16.5. The Balaban J connectivity index is 1.50. The van der Waals surface area contributed by atoms with Gasteiger partial charge in [0.25, 0.3) is 5.91 Å². The lowest BCUT2D eigenvalue weighted by molar-refractivity contribution is 0.0584. The van der Waals surface area contributed by atoms with Gasteiger partial charge in [-0.05, 0) is 18.1 Å². The normalized spacial score (nSPS) is 16.4. The number of rotatable bonds is 5. The number of ether oxygens (including phenoxy) is 1. The average Bonchev–Trinajstić information content (AvgIpc) is 3.08. The zero-order valence-electron chi connectivity index (χ0n) is 14.7. The monoisotopic (exact) mass is 347 g/mol. The number of nitrogens with zero attached hydrogens (tertiary/aromatic N) is 3. The summed E-state index contributed by atoms with van der Waals surface area (Å²) in [4.78, 5) is 14.8. The van der Waals surface area contributed by atoms with Crippen LogP contribution in [0.15, 0.2) is 66.7 Å². The lowest BCUT2D eigenvalue weighted by Crippen LogP contribution is -2.46. The summed E-state index contributed by atoms with van der Waals surface area (Å²) in [6.45, 7) is 3.76. The highest BCUT2D eigenvalue weighted by Gasteiger charge is 2.31. The molecule has 5 nitrogen and oxygen atoms in total. The second-order valence-electron chi connectivity index (χ2n) is 6.59. The van der Waals surface area contributed by atoms with E-state index >= 15 is 0 Å². The van der Waals surface area contributed by atoms with Crippen LogP contribution in [0.4, 0.5) is 0 Å². The summed E-state index contributed by atoms with van der Waals surface area (Å²) in [6.07, 6.45) is 0. The van der Waals surface area contributed by atoms with Crippen molar-refractivity contribution in [1.29, 1.82) is 0 Å². The van der Waals surface area contributed by atoms with Gasteiger partial charge in [-0.25, -0.2) is 0 Å². The molecule has 3 aromatic rings. The predicted octanol–water partition coefficient (Wildman–Crippen LogP) is 3.51. The Labute approximate surface area is 152 Å². The van der Waals surface area contributed by atoms with E-state index < -0.39 is 0 Å². The van der Waals surface area contributed by atoms with Crippen LogP contribution in [-0.2, 0) is 19.7 Å². The van der Waals surface area contributed by atoms with Gasteiger partial charge in [-0.3, -0.25) is 9.48 Å². The summed E-state index contributed by atoms with van der Waals surface area (Å²) >= 11 is 0. The molecule has 26 heavy (non-hydrogen) atoms. The minimum Gasteiger partial charge on any atom is -0.472 e. The molecule has 1 atom stereocenters. The van der Waals surface area contributed by atoms with E-state index in [2.05, 4.69) is 12.0 Å². The van der Waals surface area contributed by atoms with Crippen molar-refractivity contribution in [3.8, 4) is 5.88 Å². The van der Waals surface area contributed by atoms with Crippen molar-refractivity contribution < 1.29 is 9.53 Å². The second kappa shape index (κ2) is 7.04. The second-order valence-corrected chi connectivity index (χ2v) is 6.59. The van der Waals surface area contributed by atoms with E-state index in [0.717, 1.165) is 11.1 Å². The third-order valence-electron chi connectivity index (χ3n) is 4.63. The summed E-state index contributed by atoms with van der Waals surface area (Å²) in [7, 11) is 0. The molecule has 0 spiro atoms. The van der Waals surface area contributed by atoms with Gasteiger partial charge < -0.3 is 9.64 Å². The minimum absolute atomic E-state index is 0.00494. The van der Waals surface area contributed by atoms with Crippen LogP contribution in [0.5, 0.6) is 5.88 Å². The molecule has 0 radical (unpaired) electrons. The van der Waals surface area contributed by atoms with Crippen molar-refractivity contribution in [2.75, 3.05) is 0 Å². The predicted molar refractivity (Wildman–Crippen MR) is 98.8 cm³/mol. The maximum atomic E-state index is 12.9. The van der Waals surface area contributed by atoms with Crippen molar-refractivity contribution >= 4 is 5.91 Å². The Morgan fingerprint density at radius 1 is 1.04 bits per heavy atom. The maximum Gasteiger partial charge on any atom is 0.272 e. The Morgan fingerprint density at radius 3 is 2.38 bits per heavy atom. The van der Waals surface area contributed by atoms with Crippen LogP contribution in [0.2, 0.25) is 0 Å². The third-order valence-corrected chi connectivity index (χ3v) is 4.63. The molecular formula is C21H21N3O2. The fourth-order valence-corrected chi connectivity index (χ4v) is 3.21. The molecule has 1 aromatic heterocycles. The van der Waals surface area contributed by atoms with Crippen molar-refractivity contribution in [2.24, 2.45) is 0 Å². The highest BCUT2D eigenvalue weighted by Crippen LogP contribution is 2.23. The summed E-state index contributed by atoms with van der Waals surface area (Å²) in [5.74, 6) is 0.487. The first-order valence-electron chi connectivity index (χ1n) is 8.80. The van der Waals surface area contributed by atoms with Crippen LogP contribution in [-0.4, -0.2) is 26.6 Å². The molecule has 0 saturated carbocycles. The first-order chi connectivity index (χ1) is 12.7. The molecule has 0 saturated heterocycles. The summed E-state index contributed by atoms with van der Waals surface area (Å²) in [5.41, 5.74) is 2.78. The highest BCUT2D eigenvalue weighted by molar-refractivity contribution is 5.93. The first kappa shape index (κ1) is 16.4. The van der Waals surface area contributed by atoms with Gasteiger partial charge in [0.2, 0.25) is 5.88 Å². The van der Waals surface area contributed by atoms with Gasteiger partial charge in [-0.1, -0.05) is 60.7 Å². The molecule has 2 heterocycles. The van der Waals surface area contributed by atoms with Gasteiger partial charge in [0.1, 0.15) is 12.3 Å². The van der Waals surface area contributed by atoms with Crippen LogP contribution in [0.1, 0.15) is 28.5 Å². The molecule has 0 aliphatic carbocycles. The van der Waals surface area contributed by atoms with E-state index in [0.29, 0.717) is 31.3 Å². The Bertz CT molecular complexity index is 890. The number of carbonyl (C=O) groups excluding carboxylic acids is 1. The van der Waals surface area contributed by atoms with Gasteiger partial charge in [-0.15, -0.1) is 5.10 Å². The molecular weight excluding hydrogens is 326 g/mol. The number of amides is 1. The number of fused-ring (bicyclic) bond motifs is 1. The molecule has 1 unspecified atom stereocenters. The Morgan fingerprint density at radius 2 is 1.69 bits per heavy atom. The third kappa shape index (κ3) is 3.33. The number of hydrogen-bond acceptors (Lipinski definition) is 3. The standard InChI is InChI=1S/C21H21N3O2/c1-16-13-24-19(21(25)23(16)14-17-8-4-2-5-9-17)12-20(22-24)26-15-18-10-6-3-7-11-18/h2-12,16H,13-15H2,1H3. The molecule has 0 fully saturated rings. The van der Waals surface area contributed by atoms with Crippen LogP contribution in [0.3, 0.4) is 0 Å².